The Morgan fingerprint density at radius 3 is 2.46 bits per heavy atom. The van der Waals surface area contributed by atoms with E-state index in [0.29, 0.717) is 24.2 Å². The predicted molar refractivity (Wildman–Crippen MR) is 93.8 cm³/mol. The Labute approximate surface area is 143 Å². The monoisotopic (exact) mass is 330 g/mol. The topological polar surface area (TPSA) is 65.5 Å². The molecule has 2 amide bonds. The minimum atomic E-state index is 0.0201. The smallest absolute Gasteiger partial charge is 0.225 e. The summed E-state index contributed by atoms with van der Waals surface area (Å²) in [5.41, 5.74) is 0.729. The molecular weight excluding hydrogens is 304 g/mol. The molecule has 0 bridgehead atoms. The summed E-state index contributed by atoms with van der Waals surface area (Å²) in [6.45, 7) is 7.20. The summed E-state index contributed by atoms with van der Waals surface area (Å²) in [5.74, 6) is 1.88. The van der Waals surface area contributed by atoms with Gasteiger partial charge in [0.15, 0.2) is 0 Å². The van der Waals surface area contributed by atoms with Gasteiger partial charge in [0.1, 0.15) is 5.82 Å². The Hall–Kier alpha value is -2.11. The van der Waals surface area contributed by atoms with Crippen molar-refractivity contribution in [3.05, 3.63) is 18.3 Å². The molecule has 2 heterocycles. The highest BCUT2D eigenvalue weighted by Gasteiger charge is 2.34. The zero-order chi connectivity index (χ0) is 17.1. The van der Waals surface area contributed by atoms with Gasteiger partial charge in [-0.2, -0.15) is 0 Å². The Morgan fingerprint density at radius 1 is 1.21 bits per heavy atom. The first-order valence-corrected chi connectivity index (χ1v) is 8.82. The molecule has 2 fully saturated rings. The minimum absolute atomic E-state index is 0.0201. The van der Waals surface area contributed by atoms with Crippen LogP contribution in [0.15, 0.2) is 18.3 Å². The second-order valence-corrected chi connectivity index (χ2v) is 7.14. The first-order valence-electron chi connectivity index (χ1n) is 8.82. The van der Waals surface area contributed by atoms with E-state index in [1.165, 1.54) is 0 Å². The van der Waals surface area contributed by atoms with Crippen LogP contribution in [0.5, 0.6) is 0 Å². The van der Waals surface area contributed by atoms with Crippen LogP contribution in [0.25, 0.3) is 0 Å². The zero-order valence-corrected chi connectivity index (χ0v) is 14.5. The van der Waals surface area contributed by atoms with Gasteiger partial charge in [-0.25, -0.2) is 4.98 Å². The normalized spacial score (nSPS) is 18.0. The highest BCUT2D eigenvalue weighted by Crippen LogP contribution is 2.31. The van der Waals surface area contributed by atoms with Gasteiger partial charge < -0.3 is 15.1 Å². The maximum absolute atomic E-state index is 12.1. The van der Waals surface area contributed by atoms with Gasteiger partial charge in [-0.05, 0) is 30.9 Å². The fourth-order valence-electron chi connectivity index (χ4n) is 2.97. The number of piperazine rings is 1. The van der Waals surface area contributed by atoms with Crippen molar-refractivity contribution in [2.75, 3.05) is 36.4 Å². The van der Waals surface area contributed by atoms with E-state index in [0.717, 1.165) is 50.5 Å². The minimum Gasteiger partial charge on any atom is -0.353 e. The van der Waals surface area contributed by atoms with E-state index in [1.54, 1.807) is 6.20 Å². The number of amides is 2. The average Bonchev–Trinajstić information content (AvgIpc) is 3.39. The molecule has 130 valence electrons. The summed E-state index contributed by atoms with van der Waals surface area (Å²) in [5, 5.41) is 2.87. The molecule has 24 heavy (non-hydrogen) atoms. The summed E-state index contributed by atoms with van der Waals surface area (Å²) < 4.78 is 0. The molecule has 3 rings (SSSR count). The predicted octanol–water partition coefficient (Wildman–Crippen LogP) is 2.12. The Kier molecular flexibility index (Phi) is 5.02. The van der Waals surface area contributed by atoms with Crippen molar-refractivity contribution in [1.29, 1.82) is 0 Å². The third kappa shape index (κ3) is 4.24. The Balaban J connectivity index is 1.51. The fourth-order valence-corrected chi connectivity index (χ4v) is 2.97. The molecule has 6 heteroatoms. The van der Waals surface area contributed by atoms with Gasteiger partial charge in [0, 0.05) is 38.5 Å². The highest BCUT2D eigenvalue weighted by molar-refractivity contribution is 5.90. The van der Waals surface area contributed by atoms with E-state index >= 15 is 0 Å². The molecule has 0 radical (unpaired) electrons. The SMILES string of the molecule is CC(C)CC(=O)Nc1ccc(N2CCN(C(=O)C3CC3)CC2)nc1. The number of nitrogens with zero attached hydrogens (tertiary/aromatic N) is 3. The third-order valence-electron chi connectivity index (χ3n) is 4.47. The second kappa shape index (κ2) is 7.20. The summed E-state index contributed by atoms with van der Waals surface area (Å²) in [4.78, 5) is 32.5. The summed E-state index contributed by atoms with van der Waals surface area (Å²) in [6.07, 6.45) is 4.34. The number of aromatic nitrogens is 1. The maximum Gasteiger partial charge on any atom is 0.225 e. The van der Waals surface area contributed by atoms with E-state index < -0.39 is 0 Å². The van der Waals surface area contributed by atoms with Gasteiger partial charge >= 0.3 is 0 Å². The van der Waals surface area contributed by atoms with Gasteiger partial charge in [-0.3, -0.25) is 9.59 Å². The summed E-state index contributed by atoms with van der Waals surface area (Å²) >= 11 is 0. The van der Waals surface area contributed by atoms with Crippen LogP contribution in [0, 0.1) is 11.8 Å². The number of pyridine rings is 1. The lowest BCUT2D eigenvalue weighted by molar-refractivity contribution is -0.132. The highest BCUT2D eigenvalue weighted by atomic mass is 16.2. The molecule has 0 aromatic carbocycles. The van der Waals surface area contributed by atoms with Crippen molar-refractivity contribution in [1.82, 2.24) is 9.88 Å². The Morgan fingerprint density at radius 2 is 1.92 bits per heavy atom. The maximum atomic E-state index is 12.1. The number of rotatable bonds is 5. The standard InChI is InChI=1S/C18H26N4O2/c1-13(2)11-17(23)20-15-5-6-16(19-12-15)21-7-9-22(10-8-21)18(24)14-3-4-14/h5-6,12-14H,3-4,7-11H2,1-2H3,(H,20,23). The van der Waals surface area contributed by atoms with Gasteiger partial charge in [-0.1, -0.05) is 13.8 Å². The Bertz CT molecular complexity index is 588. The molecule has 1 aliphatic carbocycles. The lowest BCUT2D eigenvalue weighted by Crippen LogP contribution is -2.49. The lowest BCUT2D eigenvalue weighted by Gasteiger charge is -2.35. The third-order valence-corrected chi connectivity index (χ3v) is 4.47. The summed E-state index contributed by atoms with van der Waals surface area (Å²) in [6, 6.07) is 3.83. The molecule has 6 nitrogen and oxygen atoms in total. The van der Waals surface area contributed by atoms with E-state index in [2.05, 4.69) is 15.2 Å². The summed E-state index contributed by atoms with van der Waals surface area (Å²) in [7, 11) is 0. The average molecular weight is 330 g/mol. The largest absolute Gasteiger partial charge is 0.353 e. The van der Waals surface area contributed by atoms with Gasteiger partial charge in [0.2, 0.25) is 11.8 Å². The molecule has 0 spiro atoms. The van der Waals surface area contributed by atoms with Crippen LogP contribution >= 0.6 is 0 Å². The second-order valence-electron chi connectivity index (χ2n) is 7.14. The van der Waals surface area contributed by atoms with Crippen LogP contribution in [0.4, 0.5) is 11.5 Å². The first kappa shape index (κ1) is 16.7. The van der Waals surface area contributed by atoms with Crippen LogP contribution in [-0.2, 0) is 9.59 Å². The number of carbonyl (C=O) groups is 2. The van der Waals surface area contributed by atoms with Crippen LogP contribution < -0.4 is 10.2 Å². The molecule has 1 aromatic rings. The molecule has 2 aliphatic rings. The van der Waals surface area contributed by atoms with E-state index in [4.69, 9.17) is 0 Å². The number of anilines is 2. The van der Waals surface area contributed by atoms with Crippen molar-refractivity contribution in [2.24, 2.45) is 11.8 Å². The van der Waals surface area contributed by atoms with Crippen LogP contribution in [-0.4, -0.2) is 47.9 Å². The molecular formula is C18H26N4O2. The molecule has 0 unspecified atom stereocenters. The number of nitrogens with one attached hydrogen (secondary N) is 1. The van der Waals surface area contributed by atoms with Crippen molar-refractivity contribution in [2.45, 2.75) is 33.1 Å². The van der Waals surface area contributed by atoms with E-state index in [1.807, 2.05) is 30.9 Å². The molecule has 1 N–H and O–H groups in total. The van der Waals surface area contributed by atoms with Crippen LogP contribution in [0.2, 0.25) is 0 Å². The fraction of sp³-hybridized carbons (Fsp3) is 0.611. The molecule has 1 aromatic heterocycles. The lowest BCUT2D eigenvalue weighted by atomic mass is 10.1. The van der Waals surface area contributed by atoms with E-state index in [9.17, 15) is 9.59 Å². The van der Waals surface area contributed by atoms with Crippen molar-refractivity contribution < 1.29 is 9.59 Å². The van der Waals surface area contributed by atoms with Crippen molar-refractivity contribution in [3.8, 4) is 0 Å². The number of carbonyl (C=O) groups excluding carboxylic acids is 2. The molecule has 1 aliphatic heterocycles. The molecule has 0 atom stereocenters. The van der Waals surface area contributed by atoms with Gasteiger partial charge in [0.25, 0.3) is 0 Å². The van der Waals surface area contributed by atoms with Crippen molar-refractivity contribution >= 4 is 23.3 Å². The number of hydrogen-bond acceptors (Lipinski definition) is 4. The number of hydrogen-bond donors (Lipinski definition) is 1. The molecule has 1 saturated heterocycles. The quantitative estimate of drug-likeness (QED) is 0.898. The van der Waals surface area contributed by atoms with Gasteiger partial charge in [0.05, 0.1) is 11.9 Å². The van der Waals surface area contributed by atoms with Crippen LogP contribution in [0.1, 0.15) is 33.1 Å². The van der Waals surface area contributed by atoms with E-state index in [-0.39, 0.29) is 5.91 Å². The van der Waals surface area contributed by atoms with Gasteiger partial charge in [-0.15, -0.1) is 0 Å². The zero-order valence-electron chi connectivity index (χ0n) is 14.5. The molecule has 1 saturated carbocycles. The van der Waals surface area contributed by atoms with Crippen LogP contribution in [0.3, 0.4) is 0 Å². The van der Waals surface area contributed by atoms with Crippen molar-refractivity contribution in [3.63, 3.8) is 0 Å². The first-order chi connectivity index (χ1) is 11.5.